The molecule has 0 aliphatic rings. The van der Waals surface area contributed by atoms with E-state index in [2.05, 4.69) is 5.32 Å². The van der Waals surface area contributed by atoms with Gasteiger partial charge in [0.2, 0.25) is 0 Å². The van der Waals surface area contributed by atoms with E-state index in [-0.39, 0.29) is 6.61 Å². The molecule has 0 atom stereocenters. The van der Waals surface area contributed by atoms with Crippen LogP contribution in [0.4, 0.5) is 14.5 Å². The predicted octanol–water partition coefficient (Wildman–Crippen LogP) is 2.72. The van der Waals surface area contributed by atoms with E-state index in [1.54, 1.807) is 20.8 Å². The van der Waals surface area contributed by atoms with Crippen LogP contribution in [-0.4, -0.2) is 18.1 Å². The highest BCUT2D eigenvalue weighted by atomic mass is 19.2. The van der Waals surface area contributed by atoms with Crippen molar-refractivity contribution in [2.75, 3.05) is 11.9 Å². The zero-order valence-corrected chi connectivity index (χ0v) is 10.0. The molecule has 94 valence electrons. The molecule has 0 amide bonds. The van der Waals surface area contributed by atoms with Crippen LogP contribution >= 0.6 is 0 Å². The Balaban J connectivity index is 2.82. The Morgan fingerprint density at radius 2 is 2.00 bits per heavy atom. The summed E-state index contributed by atoms with van der Waals surface area (Å²) in [5.74, 6) is -2.34. The van der Waals surface area contributed by atoms with E-state index < -0.39 is 23.1 Å². The van der Waals surface area contributed by atoms with Gasteiger partial charge in [0, 0.05) is 11.8 Å². The molecule has 0 radical (unpaired) electrons. The van der Waals surface area contributed by atoms with Crippen LogP contribution in [0.3, 0.4) is 0 Å². The van der Waals surface area contributed by atoms with Gasteiger partial charge < -0.3 is 10.1 Å². The molecule has 1 aromatic carbocycles. The molecule has 0 saturated heterocycles. The van der Waals surface area contributed by atoms with Gasteiger partial charge in [0.15, 0.2) is 11.6 Å². The Kier molecular flexibility index (Phi) is 4.04. The number of anilines is 1. The standard InChI is InChI=1S/C12H15F2NO2/c1-4-17-11(16)12(2,3)15-8-5-6-9(13)10(14)7-8/h5-7,15H,4H2,1-3H3. The Morgan fingerprint density at radius 1 is 1.35 bits per heavy atom. The highest BCUT2D eigenvalue weighted by molar-refractivity contribution is 5.83. The number of nitrogens with one attached hydrogen (secondary N) is 1. The molecule has 1 aromatic rings. The molecule has 0 saturated carbocycles. The van der Waals surface area contributed by atoms with E-state index in [0.29, 0.717) is 5.69 Å². The SMILES string of the molecule is CCOC(=O)C(C)(C)Nc1ccc(F)c(F)c1. The minimum Gasteiger partial charge on any atom is -0.464 e. The third-order valence-electron chi connectivity index (χ3n) is 2.16. The van der Waals surface area contributed by atoms with E-state index >= 15 is 0 Å². The van der Waals surface area contributed by atoms with Crippen molar-refractivity contribution < 1.29 is 18.3 Å². The van der Waals surface area contributed by atoms with Crippen molar-refractivity contribution in [3.05, 3.63) is 29.8 Å². The Labute approximate surface area is 98.8 Å². The smallest absolute Gasteiger partial charge is 0.331 e. The van der Waals surface area contributed by atoms with Gasteiger partial charge in [-0.3, -0.25) is 0 Å². The number of ether oxygens (including phenoxy) is 1. The van der Waals surface area contributed by atoms with Crippen LogP contribution in [0, 0.1) is 11.6 Å². The van der Waals surface area contributed by atoms with E-state index in [0.717, 1.165) is 12.1 Å². The van der Waals surface area contributed by atoms with Gasteiger partial charge in [0.25, 0.3) is 0 Å². The first-order valence-electron chi connectivity index (χ1n) is 5.27. The second kappa shape index (κ2) is 5.12. The van der Waals surface area contributed by atoms with Crippen LogP contribution in [0.15, 0.2) is 18.2 Å². The van der Waals surface area contributed by atoms with Crippen LogP contribution in [0.5, 0.6) is 0 Å². The summed E-state index contributed by atoms with van der Waals surface area (Å²) in [4.78, 5) is 11.6. The molecule has 0 fully saturated rings. The van der Waals surface area contributed by atoms with Crippen molar-refractivity contribution in [1.29, 1.82) is 0 Å². The maximum atomic E-state index is 13.0. The van der Waals surface area contributed by atoms with Gasteiger partial charge in [-0.25, -0.2) is 13.6 Å². The predicted molar refractivity (Wildman–Crippen MR) is 60.7 cm³/mol. The Morgan fingerprint density at radius 3 is 2.53 bits per heavy atom. The quantitative estimate of drug-likeness (QED) is 0.826. The average molecular weight is 243 g/mol. The summed E-state index contributed by atoms with van der Waals surface area (Å²) in [5, 5.41) is 2.79. The monoisotopic (exact) mass is 243 g/mol. The van der Waals surface area contributed by atoms with Crippen LogP contribution in [0.1, 0.15) is 20.8 Å². The Hall–Kier alpha value is -1.65. The van der Waals surface area contributed by atoms with Gasteiger partial charge in [-0.2, -0.15) is 0 Å². The van der Waals surface area contributed by atoms with Crippen molar-refractivity contribution in [3.63, 3.8) is 0 Å². The Bertz CT molecular complexity index is 419. The largest absolute Gasteiger partial charge is 0.464 e. The van der Waals surface area contributed by atoms with E-state index in [1.807, 2.05) is 0 Å². The molecule has 0 heterocycles. The van der Waals surface area contributed by atoms with Crippen LogP contribution in [0.2, 0.25) is 0 Å². The lowest BCUT2D eigenvalue weighted by Crippen LogP contribution is -2.41. The summed E-state index contributed by atoms with van der Waals surface area (Å²) in [5.41, 5.74) is -0.678. The summed E-state index contributed by atoms with van der Waals surface area (Å²) in [7, 11) is 0. The van der Waals surface area contributed by atoms with Crippen molar-refractivity contribution in [1.82, 2.24) is 0 Å². The number of benzene rings is 1. The summed E-state index contributed by atoms with van der Waals surface area (Å²) in [6, 6.07) is 3.36. The minimum atomic E-state index is -1.000. The van der Waals surface area contributed by atoms with Crippen molar-refractivity contribution in [2.45, 2.75) is 26.3 Å². The number of esters is 1. The van der Waals surface area contributed by atoms with Crippen molar-refractivity contribution >= 4 is 11.7 Å². The van der Waals surface area contributed by atoms with Gasteiger partial charge in [0.05, 0.1) is 6.61 Å². The van der Waals surface area contributed by atoms with Gasteiger partial charge in [-0.05, 0) is 32.9 Å². The first-order valence-corrected chi connectivity index (χ1v) is 5.27. The summed E-state index contributed by atoms with van der Waals surface area (Å²) < 4.78 is 30.6. The van der Waals surface area contributed by atoms with Crippen LogP contribution in [-0.2, 0) is 9.53 Å². The van der Waals surface area contributed by atoms with Crippen LogP contribution < -0.4 is 5.32 Å². The second-order valence-electron chi connectivity index (χ2n) is 4.10. The lowest BCUT2D eigenvalue weighted by molar-refractivity contribution is -0.147. The molecular weight excluding hydrogens is 228 g/mol. The van der Waals surface area contributed by atoms with E-state index in [9.17, 15) is 13.6 Å². The highest BCUT2D eigenvalue weighted by Crippen LogP contribution is 2.19. The number of carbonyl (C=O) groups excluding carboxylic acids is 1. The number of carbonyl (C=O) groups is 1. The third-order valence-corrected chi connectivity index (χ3v) is 2.16. The summed E-state index contributed by atoms with van der Waals surface area (Å²) in [6.07, 6.45) is 0. The summed E-state index contributed by atoms with van der Waals surface area (Å²) >= 11 is 0. The molecule has 0 aliphatic heterocycles. The molecule has 17 heavy (non-hydrogen) atoms. The van der Waals surface area contributed by atoms with Crippen molar-refractivity contribution in [2.24, 2.45) is 0 Å². The highest BCUT2D eigenvalue weighted by Gasteiger charge is 2.29. The first-order chi connectivity index (χ1) is 7.86. The van der Waals surface area contributed by atoms with Crippen molar-refractivity contribution in [3.8, 4) is 0 Å². The zero-order valence-electron chi connectivity index (χ0n) is 10.0. The number of hydrogen-bond donors (Lipinski definition) is 1. The first kappa shape index (κ1) is 13.4. The normalized spacial score (nSPS) is 11.1. The second-order valence-corrected chi connectivity index (χ2v) is 4.10. The van der Waals surface area contributed by atoms with Gasteiger partial charge >= 0.3 is 5.97 Å². The maximum Gasteiger partial charge on any atom is 0.331 e. The summed E-state index contributed by atoms with van der Waals surface area (Å²) in [6.45, 7) is 5.17. The molecule has 0 bridgehead atoms. The molecule has 0 aromatic heterocycles. The van der Waals surface area contributed by atoms with Crippen LogP contribution in [0.25, 0.3) is 0 Å². The average Bonchev–Trinajstić information content (AvgIpc) is 2.23. The topological polar surface area (TPSA) is 38.3 Å². The van der Waals surface area contributed by atoms with E-state index in [4.69, 9.17) is 4.74 Å². The minimum absolute atomic E-state index is 0.266. The molecule has 0 unspecified atom stereocenters. The molecule has 1 rings (SSSR count). The van der Waals surface area contributed by atoms with Gasteiger partial charge in [-0.15, -0.1) is 0 Å². The van der Waals surface area contributed by atoms with Gasteiger partial charge in [-0.1, -0.05) is 0 Å². The van der Waals surface area contributed by atoms with E-state index in [1.165, 1.54) is 6.07 Å². The molecule has 0 spiro atoms. The number of hydrogen-bond acceptors (Lipinski definition) is 3. The molecule has 3 nitrogen and oxygen atoms in total. The molecule has 5 heteroatoms. The molecule has 1 N–H and O–H groups in total. The fraction of sp³-hybridized carbons (Fsp3) is 0.417. The number of rotatable bonds is 4. The van der Waals surface area contributed by atoms with Gasteiger partial charge in [0.1, 0.15) is 5.54 Å². The number of halogens is 2. The lowest BCUT2D eigenvalue weighted by atomic mass is 10.1. The molecular formula is C12H15F2NO2. The third kappa shape index (κ3) is 3.41. The lowest BCUT2D eigenvalue weighted by Gasteiger charge is -2.25. The fourth-order valence-electron chi connectivity index (χ4n) is 1.30. The fourth-order valence-corrected chi connectivity index (χ4v) is 1.30. The molecule has 0 aliphatic carbocycles. The zero-order chi connectivity index (χ0) is 13.1. The maximum absolute atomic E-state index is 13.0.